The summed E-state index contributed by atoms with van der Waals surface area (Å²) in [4.78, 5) is 18.8. The first kappa shape index (κ1) is 19.9. The van der Waals surface area contributed by atoms with Crippen LogP contribution in [0, 0.1) is 27.7 Å². The van der Waals surface area contributed by atoms with E-state index < -0.39 is 16.6 Å². The lowest BCUT2D eigenvalue weighted by atomic mass is 9.86. The Hall–Kier alpha value is -2.88. The summed E-state index contributed by atoms with van der Waals surface area (Å²) in [5.41, 5.74) is 6.18. The number of halogens is 2. The number of hydrogen-bond acceptors (Lipinski definition) is 7. The number of nitrogens with one attached hydrogen (secondary N) is 2. The van der Waals surface area contributed by atoms with Crippen LogP contribution in [0.1, 0.15) is 31.2 Å². The van der Waals surface area contributed by atoms with Gasteiger partial charge in [-0.3, -0.25) is 10.1 Å². The summed E-state index contributed by atoms with van der Waals surface area (Å²) in [7, 11) is 0. The number of nitro groups is 1. The maximum atomic E-state index is 13.3. The fourth-order valence-electron chi connectivity index (χ4n) is 3.19. The highest BCUT2D eigenvalue weighted by atomic mass is 19.2. The summed E-state index contributed by atoms with van der Waals surface area (Å²) < 4.78 is 26.3. The van der Waals surface area contributed by atoms with Crippen molar-refractivity contribution in [1.82, 2.24) is 9.97 Å². The molecule has 1 aliphatic rings. The van der Waals surface area contributed by atoms with E-state index in [9.17, 15) is 18.9 Å². The van der Waals surface area contributed by atoms with Crippen LogP contribution < -0.4 is 16.4 Å². The standard InChI is InChI=1S/C18H22F2N6O2/c19-14-6-3-12(7-15(14)20)9-23-18-24-10-16(26(27)28)17(25-18)22-8-11-1-4-13(21)5-2-11/h3,6-7,10-11,13H,1-2,4-5,8-9,21H2,(H2,22,23,24,25). The van der Waals surface area contributed by atoms with E-state index in [-0.39, 0.29) is 30.0 Å². The zero-order chi connectivity index (χ0) is 20.1. The minimum Gasteiger partial charge on any atom is -0.364 e. The molecule has 0 radical (unpaired) electrons. The van der Waals surface area contributed by atoms with Gasteiger partial charge in [0.05, 0.1) is 4.92 Å². The normalized spacial score (nSPS) is 19.2. The molecule has 0 amide bonds. The second-order valence-corrected chi connectivity index (χ2v) is 6.95. The van der Waals surface area contributed by atoms with Gasteiger partial charge in [0.25, 0.3) is 0 Å². The number of rotatable bonds is 7. The van der Waals surface area contributed by atoms with E-state index in [0.717, 1.165) is 44.0 Å². The number of benzene rings is 1. The molecule has 0 spiro atoms. The second-order valence-electron chi connectivity index (χ2n) is 6.95. The third-order valence-electron chi connectivity index (χ3n) is 4.85. The van der Waals surface area contributed by atoms with Crippen molar-refractivity contribution in [3.63, 3.8) is 0 Å². The maximum Gasteiger partial charge on any atom is 0.329 e. The molecule has 1 aliphatic carbocycles. The van der Waals surface area contributed by atoms with Crippen LogP contribution in [0.5, 0.6) is 0 Å². The fourth-order valence-corrected chi connectivity index (χ4v) is 3.19. The predicted octanol–water partition coefficient (Wildman–Crippen LogP) is 3.20. The molecule has 150 valence electrons. The van der Waals surface area contributed by atoms with E-state index in [4.69, 9.17) is 5.73 Å². The molecule has 0 saturated heterocycles. The van der Waals surface area contributed by atoms with Gasteiger partial charge in [0.2, 0.25) is 11.8 Å². The van der Waals surface area contributed by atoms with E-state index in [1.54, 1.807) is 0 Å². The largest absolute Gasteiger partial charge is 0.364 e. The topological polar surface area (TPSA) is 119 Å². The molecule has 8 nitrogen and oxygen atoms in total. The first-order valence-electron chi connectivity index (χ1n) is 9.11. The van der Waals surface area contributed by atoms with Gasteiger partial charge in [0, 0.05) is 19.1 Å². The van der Waals surface area contributed by atoms with Crippen molar-refractivity contribution in [3.05, 3.63) is 51.7 Å². The Morgan fingerprint density at radius 1 is 1.18 bits per heavy atom. The fraction of sp³-hybridized carbons (Fsp3) is 0.444. The Bertz CT molecular complexity index is 843. The second kappa shape index (κ2) is 8.87. The molecule has 0 aliphatic heterocycles. The van der Waals surface area contributed by atoms with Gasteiger partial charge in [-0.1, -0.05) is 6.07 Å². The van der Waals surface area contributed by atoms with Crippen LogP contribution >= 0.6 is 0 Å². The number of nitrogens with zero attached hydrogens (tertiary/aromatic N) is 3. The zero-order valence-electron chi connectivity index (χ0n) is 15.2. The van der Waals surface area contributed by atoms with Gasteiger partial charge in [-0.15, -0.1) is 0 Å². The van der Waals surface area contributed by atoms with Gasteiger partial charge in [0.15, 0.2) is 11.6 Å². The lowest BCUT2D eigenvalue weighted by Crippen LogP contribution is -2.29. The van der Waals surface area contributed by atoms with Crippen LogP contribution in [-0.2, 0) is 6.54 Å². The minimum absolute atomic E-state index is 0.127. The van der Waals surface area contributed by atoms with E-state index in [0.29, 0.717) is 18.0 Å². The van der Waals surface area contributed by atoms with Crippen molar-refractivity contribution in [2.24, 2.45) is 11.7 Å². The van der Waals surface area contributed by atoms with Crippen LogP contribution in [0.25, 0.3) is 0 Å². The SMILES string of the molecule is NC1CCC(CNc2nc(NCc3ccc(F)c(F)c3)ncc2[N+](=O)[O-])CC1. The van der Waals surface area contributed by atoms with Gasteiger partial charge in [0.1, 0.15) is 6.20 Å². The number of anilines is 2. The third-order valence-corrected chi connectivity index (χ3v) is 4.85. The van der Waals surface area contributed by atoms with Crippen molar-refractivity contribution in [2.75, 3.05) is 17.2 Å². The predicted molar refractivity (Wildman–Crippen MR) is 101 cm³/mol. The average molecular weight is 392 g/mol. The first-order chi connectivity index (χ1) is 13.4. The average Bonchev–Trinajstić information content (AvgIpc) is 2.68. The third kappa shape index (κ3) is 5.10. The van der Waals surface area contributed by atoms with Crippen molar-refractivity contribution < 1.29 is 13.7 Å². The Morgan fingerprint density at radius 3 is 2.61 bits per heavy atom. The molecule has 0 bridgehead atoms. The molecular weight excluding hydrogens is 370 g/mol. The molecule has 10 heteroatoms. The number of aromatic nitrogens is 2. The molecule has 1 saturated carbocycles. The number of nitrogens with two attached hydrogens (primary N) is 1. The maximum absolute atomic E-state index is 13.3. The summed E-state index contributed by atoms with van der Waals surface area (Å²) in [6.45, 7) is 0.710. The van der Waals surface area contributed by atoms with E-state index in [2.05, 4.69) is 20.6 Å². The van der Waals surface area contributed by atoms with Crippen molar-refractivity contribution >= 4 is 17.5 Å². The molecule has 1 fully saturated rings. The summed E-state index contributed by atoms with van der Waals surface area (Å²) in [6, 6.07) is 3.77. The van der Waals surface area contributed by atoms with Crippen LogP contribution in [0.15, 0.2) is 24.4 Å². The Balaban J connectivity index is 1.66. The van der Waals surface area contributed by atoms with Crippen LogP contribution in [-0.4, -0.2) is 27.5 Å². The summed E-state index contributed by atoms with van der Waals surface area (Å²) in [5, 5.41) is 17.2. The van der Waals surface area contributed by atoms with Crippen LogP contribution in [0.4, 0.5) is 26.2 Å². The molecule has 28 heavy (non-hydrogen) atoms. The monoisotopic (exact) mass is 392 g/mol. The Morgan fingerprint density at radius 2 is 1.93 bits per heavy atom. The van der Waals surface area contributed by atoms with Crippen LogP contribution in [0.3, 0.4) is 0 Å². The quantitative estimate of drug-likeness (QED) is 0.489. The van der Waals surface area contributed by atoms with E-state index >= 15 is 0 Å². The molecule has 3 rings (SSSR count). The number of hydrogen-bond donors (Lipinski definition) is 3. The van der Waals surface area contributed by atoms with Gasteiger partial charge in [-0.05, 0) is 49.3 Å². The van der Waals surface area contributed by atoms with Crippen molar-refractivity contribution in [1.29, 1.82) is 0 Å². The molecule has 1 aromatic heterocycles. The smallest absolute Gasteiger partial charge is 0.329 e. The van der Waals surface area contributed by atoms with E-state index in [1.165, 1.54) is 6.07 Å². The highest BCUT2D eigenvalue weighted by Crippen LogP contribution is 2.26. The minimum atomic E-state index is -0.946. The highest BCUT2D eigenvalue weighted by Gasteiger charge is 2.21. The molecular formula is C18H22F2N6O2. The first-order valence-corrected chi connectivity index (χ1v) is 9.11. The molecule has 1 heterocycles. The lowest BCUT2D eigenvalue weighted by molar-refractivity contribution is -0.384. The lowest BCUT2D eigenvalue weighted by Gasteiger charge is -2.26. The molecule has 4 N–H and O–H groups in total. The Kier molecular flexibility index (Phi) is 6.30. The van der Waals surface area contributed by atoms with Gasteiger partial charge >= 0.3 is 5.69 Å². The highest BCUT2D eigenvalue weighted by molar-refractivity contribution is 5.57. The summed E-state index contributed by atoms with van der Waals surface area (Å²) in [5.74, 6) is -1.21. The Labute approximate surface area is 160 Å². The van der Waals surface area contributed by atoms with Crippen LogP contribution in [0.2, 0.25) is 0 Å². The molecule has 0 unspecified atom stereocenters. The zero-order valence-corrected chi connectivity index (χ0v) is 15.2. The van der Waals surface area contributed by atoms with Crippen molar-refractivity contribution in [3.8, 4) is 0 Å². The van der Waals surface area contributed by atoms with Gasteiger partial charge < -0.3 is 16.4 Å². The van der Waals surface area contributed by atoms with Gasteiger partial charge in [-0.2, -0.15) is 4.98 Å². The van der Waals surface area contributed by atoms with Gasteiger partial charge in [-0.25, -0.2) is 13.8 Å². The molecule has 0 atom stereocenters. The summed E-state index contributed by atoms with van der Waals surface area (Å²) in [6.07, 6.45) is 4.95. The molecule has 1 aromatic carbocycles. The van der Waals surface area contributed by atoms with Crippen molar-refractivity contribution in [2.45, 2.75) is 38.3 Å². The van der Waals surface area contributed by atoms with E-state index in [1.807, 2.05) is 0 Å². The molecule has 2 aromatic rings. The summed E-state index contributed by atoms with van der Waals surface area (Å²) >= 11 is 0.